The second-order valence-corrected chi connectivity index (χ2v) is 7.85. The molecular weight excluding hydrogens is 324 g/mol. The van der Waals surface area contributed by atoms with Crippen molar-refractivity contribution in [3.63, 3.8) is 0 Å². The summed E-state index contributed by atoms with van der Waals surface area (Å²) in [7, 11) is 0. The summed E-state index contributed by atoms with van der Waals surface area (Å²) in [4.78, 5) is 12.9. The minimum absolute atomic E-state index is 0.340. The number of hydrogen-bond acceptors (Lipinski definition) is 1. The Morgan fingerprint density at radius 3 is 2.57 bits per heavy atom. The lowest BCUT2D eigenvalue weighted by Crippen LogP contribution is -2.33. The second kappa shape index (κ2) is 5.39. The summed E-state index contributed by atoms with van der Waals surface area (Å²) >= 11 is 3.53. The lowest BCUT2D eigenvalue weighted by molar-refractivity contribution is -0.119. The van der Waals surface area contributed by atoms with Crippen LogP contribution in [0.3, 0.4) is 0 Å². The second-order valence-electron chi connectivity index (χ2n) is 6.93. The van der Waals surface area contributed by atoms with Gasteiger partial charge in [-0.05, 0) is 59.9 Å². The van der Waals surface area contributed by atoms with E-state index in [2.05, 4.69) is 34.1 Å². The third-order valence-corrected chi connectivity index (χ3v) is 6.34. The van der Waals surface area contributed by atoms with Gasteiger partial charge in [-0.25, -0.2) is 0 Å². The van der Waals surface area contributed by atoms with E-state index in [0.717, 1.165) is 27.9 Å². The van der Waals surface area contributed by atoms with Crippen LogP contribution in [0.2, 0.25) is 0 Å². The van der Waals surface area contributed by atoms with E-state index in [0.29, 0.717) is 23.5 Å². The molecule has 3 aliphatic rings. The summed E-state index contributed by atoms with van der Waals surface area (Å²) in [5.74, 6) is 2.84. The zero-order valence-corrected chi connectivity index (χ0v) is 13.8. The molecule has 0 aromatic heterocycles. The Balaban J connectivity index is 1.73. The van der Waals surface area contributed by atoms with E-state index in [-0.39, 0.29) is 0 Å². The fourth-order valence-corrected chi connectivity index (χ4v) is 5.49. The highest BCUT2D eigenvalue weighted by Crippen LogP contribution is 2.55. The number of rotatable bonds is 1. The third kappa shape index (κ3) is 2.32. The molecule has 1 aromatic rings. The number of carbonyl (C=O) groups is 1. The van der Waals surface area contributed by atoms with Gasteiger partial charge >= 0.3 is 0 Å². The van der Waals surface area contributed by atoms with E-state index >= 15 is 0 Å². The van der Waals surface area contributed by atoms with Crippen molar-refractivity contribution >= 4 is 27.8 Å². The van der Waals surface area contributed by atoms with Crippen LogP contribution >= 0.6 is 15.9 Å². The van der Waals surface area contributed by atoms with Crippen LogP contribution in [0.1, 0.15) is 44.1 Å². The fourth-order valence-electron chi connectivity index (χ4n) is 5.07. The van der Waals surface area contributed by atoms with Gasteiger partial charge in [0.15, 0.2) is 5.78 Å². The molecule has 0 radical (unpaired) electrons. The maximum absolute atomic E-state index is 12.9. The number of allylic oxidation sites excluding steroid dienone is 1. The van der Waals surface area contributed by atoms with E-state index in [1.54, 1.807) is 0 Å². The van der Waals surface area contributed by atoms with E-state index in [1.807, 2.05) is 12.1 Å². The van der Waals surface area contributed by atoms with Gasteiger partial charge in [-0.1, -0.05) is 53.7 Å². The number of benzene rings is 1. The maximum Gasteiger partial charge on any atom is 0.162 e. The molecule has 3 saturated carbocycles. The topological polar surface area (TPSA) is 17.1 Å². The van der Waals surface area contributed by atoms with Gasteiger partial charge in [0, 0.05) is 10.4 Å². The first-order valence-corrected chi connectivity index (χ1v) is 9.05. The van der Waals surface area contributed by atoms with E-state index in [1.165, 1.54) is 32.1 Å². The Labute approximate surface area is 134 Å². The summed E-state index contributed by atoms with van der Waals surface area (Å²) < 4.78 is 1.08. The molecule has 1 nitrogen and oxygen atoms in total. The molecule has 1 aromatic carbocycles. The van der Waals surface area contributed by atoms with Crippen molar-refractivity contribution in [3.05, 3.63) is 39.9 Å². The molecule has 4 rings (SSSR count). The molecule has 4 unspecified atom stereocenters. The Morgan fingerprint density at radius 2 is 1.81 bits per heavy atom. The van der Waals surface area contributed by atoms with E-state index in [4.69, 9.17) is 0 Å². The first kappa shape index (κ1) is 13.8. The molecule has 3 fully saturated rings. The monoisotopic (exact) mass is 344 g/mol. The van der Waals surface area contributed by atoms with Crippen LogP contribution in [0.15, 0.2) is 34.3 Å². The van der Waals surface area contributed by atoms with Crippen LogP contribution in [0.25, 0.3) is 6.08 Å². The van der Waals surface area contributed by atoms with Crippen molar-refractivity contribution in [2.24, 2.45) is 23.7 Å². The van der Waals surface area contributed by atoms with Crippen LogP contribution in [0.5, 0.6) is 0 Å². The normalized spacial score (nSPS) is 36.8. The molecule has 0 spiro atoms. The van der Waals surface area contributed by atoms with Crippen LogP contribution in [0.4, 0.5) is 0 Å². The Bertz CT molecular complexity index is 601. The van der Waals surface area contributed by atoms with Crippen LogP contribution < -0.4 is 0 Å². The maximum atomic E-state index is 12.9. The molecule has 3 aliphatic carbocycles. The van der Waals surface area contributed by atoms with Gasteiger partial charge in [-0.2, -0.15) is 0 Å². The average molecular weight is 345 g/mol. The van der Waals surface area contributed by atoms with Crippen molar-refractivity contribution < 1.29 is 4.79 Å². The van der Waals surface area contributed by atoms with Crippen LogP contribution in [0, 0.1) is 23.7 Å². The molecule has 4 atom stereocenters. The number of halogens is 1. The van der Waals surface area contributed by atoms with Gasteiger partial charge in [0.05, 0.1) is 0 Å². The summed E-state index contributed by atoms with van der Waals surface area (Å²) in [6, 6.07) is 8.30. The fraction of sp³-hybridized carbons (Fsp3) is 0.526. The SMILES string of the molecule is O=C1/C(=C/c2cccc(Br)c2)C2CCCC3CCCC1C32. The molecule has 2 heteroatoms. The summed E-state index contributed by atoms with van der Waals surface area (Å²) in [5, 5.41) is 0. The highest BCUT2D eigenvalue weighted by atomic mass is 79.9. The van der Waals surface area contributed by atoms with Gasteiger partial charge in [-0.3, -0.25) is 4.79 Å². The molecule has 0 saturated heterocycles. The molecular formula is C19H21BrO. The van der Waals surface area contributed by atoms with Gasteiger partial charge in [0.1, 0.15) is 0 Å². The zero-order chi connectivity index (χ0) is 14.4. The number of ketones is 1. The minimum Gasteiger partial charge on any atom is -0.294 e. The zero-order valence-electron chi connectivity index (χ0n) is 12.2. The number of carbonyl (C=O) groups excluding carboxylic acids is 1. The predicted molar refractivity (Wildman–Crippen MR) is 88.8 cm³/mol. The number of hydrogen-bond donors (Lipinski definition) is 0. The average Bonchev–Trinajstić information content (AvgIpc) is 2.76. The van der Waals surface area contributed by atoms with E-state index < -0.39 is 0 Å². The van der Waals surface area contributed by atoms with Crippen molar-refractivity contribution in [2.45, 2.75) is 38.5 Å². The molecule has 0 heterocycles. The van der Waals surface area contributed by atoms with Gasteiger partial charge in [0.2, 0.25) is 0 Å². The van der Waals surface area contributed by atoms with E-state index in [9.17, 15) is 4.79 Å². The quantitative estimate of drug-likeness (QED) is 0.636. The highest BCUT2D eigenvalue weighted by Gasteiger charge is 2.51. The lowest BCUT2D eigenvalue weighted by Gasteiger charge is -2.39. The van der Waals surface area contributed by atoms with Gasteiger partial charge in [0.25, 0.3) is 0 Å². The van der Waals surface area contributed by atoms with Gasteiger partial charge in [-0.15, -0.1) is 0 Å². The smallest absolute Gasteiger partial charge is 0.162 e. The standard InChI is InChI=1S/C19H21BrO/c20-14-7-1-4-12(10-14)11-17-15-8-2-5-13-6-3-9-16(18(13)15)19(17)21/h1,4,7,10-11,13,15-16,18H,2-3,5-6,8-9H2/b17-11+. The Hall–Kier alpha value is -0.890. The third-order valence-electron chi connectivity index (χ3n) is 5.85. The first-order valence-electron chi connectivity index (χ1n) is 8.25. The summed E-state index contributed by atoms with van der Waals surface area (Å²) in [5.41, 5.74) is 2.29. The molecule has 110 valence electrons. The van der Waals surface area contributed by atoms with Crippen molar-refractivity contribution in [1.29, 1.82) is 0 Å². The molecule has 0 aliphatic heterocycles. The Morgan fingerprint density at radius 1 is 1.05 bits per heavy atom. The minimum atomic E-state index is 0.340. The molecule has 0 amide bonds. The molecule has 21 heavy (non-hydrogen) atoms. The van der Waals surface area contributed by atoms with Crippen molar-refractivity contribution in [1.82, 2.24) is 0 Å². The summed E-state index contributed by atoms with van der Waals surface area (Å²) in [6.07, 6.45) is 9.81. The number of Topliss-reactive ketones (excluding diaryl/α,β-unsaturated/α-hetero) is 1. The first-order chi connectivity index (χ1) is 10.2. The Kier molecular flexibility index (Phi) is 3.53. The van der Waals surface area contributed by atoms with Gasteiger partial charge < -0.3 is 0 Å². The lowest BCUT2D eigenvalue weighted by atomic mass is 9.64. The van der Waals surface area contributed by atoms with Crippen LogP contribution in [-0.4, -0.2) is 5.78 Å². The van der Waals surface area contributed by atoms with Crippen molar-refractivity contribution in [3.8, 4) is 0 Å². The molecule has 0 bridgehead atoms. The van der Waals surface area contributed by atoms with Crippen LogP contribution in [-0.2, 0) is 4.79 Å². The summed E-state index contributed by atoms with van der Waals surface area (Å²) in [6.45, 7) is 0. The highest BCUT2D eigenvalue weighted by molar-refractivity contribution is 9.10. The van der Waals surface area contributed by atoms with Crippen molar-refractivity contribution in [2.75, 3.05) is 0 Å². The largest absolute Gasteiger partial charge is 0.294 e. The predicted octanol–water partition coefficient (Wildman–Crippen LogP) is 5.25. The molecule has 0 N–H and O–H groups in total.